The summed E-state index contributed by atoms with van der Waals surface area (Å²) in [5, 5.41) is 4.15. The van der Waals surface area contributed by atoms with Crippen molar-refractivity contribution < 1.29 is 14.4 Å². The molecule has 1 aliphatic carbocycles. The van der Waals surface area contributed by atoms with Gasteiger partial charge in [0.05, 0.1) is 12.3 Å². The van der Waals surface area contributed by atoms with Gasteiger partial charge in [-0.1, -0.05) is 31.8 Å². The molecule has 4 nitrogen and oxygen atoms in total. The maximum Gasteiger partial charge on any atom is 0.354 e. The third-order valence-corrected chi connectivity index (χ3v) is 4.07. The smallest absolute Gasteiger partial charge is 0.354 e. The average Bonchev–Trinajstić information content (AvgIpc) is 2.99. The van der Waals surface area contributed by atoms with E-state index in [1.54, 1.807) is 0 Å². The molecule has 102 valence electrons. The van der Waals surface area contributed by atoms with Crippen LogP contribution in [-0.4, -0.2) is 23.9 Å². The van der Waals surface area contributed by atoms with Crippen LogP contribution in [0.3, 0.4) is 0 Å². The summed E-state index contributed by atoms with van der Waals surface area (Å²) in [6.07, 6.45) is 5.03. The number of esters is 1. The number of carbonyl (C=O) groups excluding carboxylic acids is 1. The van der Waals surface area contributed by atoms with E-state index in [1.165, 1.54) is 12.8 Å². The Bertz CT molecular complexity index is 345. The number of ether oxygens (including phenoxy) is 1. The second-order valence-corrected chi connectivity index (χ2v) is 5.60. The van der Waals surface area contributed by atoms with Crippen LogP contribution in [-0.2, 0) is 14.4 Å². The number of carbonyl (C=O) groups is 1. The van der Waals surface area contributed by atoms with E-state index in [9.17, 15) is 4.79 Å². The van der Waals surface area contributed by atoms with E-state index in [-0.39, 0.29) is 11.9 Å². The first kappa shape index (κ1) is 13.4. The van der Waals surface area contributed by atoms with Gasteiger partial charge in [-0.2, -0.15) is 0 Å². The predicted octanol–water partition coefficient (Wildman–Crippen LogP) is 2.91. The van der Waals surface area contributed by atoms with E-state index in [0.717, 1.165) is 18.6 Å². The fourth-order valence-corrected chi connectivity index (χ4v) is 2.92. The molecule has 0 spiro atoms. The molecule has 0 radical (unpaired) electrons. The lowest BCUT2D eigenvalue weighted by Crippen LogP contribution is -2.46. The van der Waals surface area contributed by atoms with Crippen LogP contribution in [0.2, 0.25) is 0 Å². The summed E-state index contributed by atoms with van der Waals surface area (Å²) in [5.74, 6) is 0.357. The van der Waals surface area contributed by atoms with E-state index in [2.05, 4.69) is 19.0 Å². The van der Waals surface area contributed by atoms with E-state index < -0.39 is 5.60 Å². The van der Waals surface area contributed by atoms with Gasteiger partial charge in [-0.3, -0.25) is 0 Å². The Morgan fingerprint density at radius 3 is 2.67 bits per heavy atom. The van der Waals surface area contributed by atoms with Gasteiger partial charge in [-0.05, 0) is 25.7 Å². The molecule has 0 aromatic rings. The fourth-order valence-electron chi connectivity index (χ4n) is 2.92. The molecule has 1 saturated carbocycles. The standard InChI is InChI=1S/C14H23NO3/c1-4-17-13(16)14(11-7-5-6-8-11)9-12(10(2)3)15-18-14/h10-11H,4-9H2,1-3H3. The zero-order valence-electron chi connectivity index (χ0n) is 11.6. The van der Waals surface area contributed by atoms with Crippen LogP contribution in [0.1, 0.15) is 52.9 Å². The van der Waals surface area contributed by atoms with E-state index in [1.807, 2.05) is 6.92 Å². The number of oxime groups is 1. The van der Waals surface area contributed by atoms with Gasteiger partial charge in [0.25, 0.3) is 0 Å². The van der Waals surface area contributed by atoms with Gasteiger partial charge in [0.15, 0.2) is 0 Å². The highest BCUT2D eigenvalue weighted by Gasteiger charge is 2.54. The van der Waals surface area contributed by atoms with Crippen molar-refractivity contribution in [2.75, 3.05) is 6.61 Å². The highest BCUT2D eigenvalue weighted by Crippen LogP contribution is 2.43. The molecule has 0 saturated heterocycles. The van der Waals surface area contributed by atoms with Crippen molar-refractivity contribution in [3.8, 4) is 0 Å². The lowest BCUT2D eigenvalue weighted by Gasteiger charge is -2.30. The zero-order valence-corrected chi connectivity index (χ0v) is 11.6. The molecule has 1 aliphatic heterocycles. The monoisotopic (exact) mass is 253 g/mol. The van der Waals surface area contributed by atoms with Crippen LogP contribution in [0, 0.1) is 11.8 Å². The molecule has 1 fully saturated rings. The molecule has 0 aromatic heterocycles. The van der Waals surface area contributed by atoms with Crippen LogP contribution >= 0.6 is 0 Å². The number of rotatable bonds is 4. The Morgan fingerprint density at radius 1 is 1.50 bits per heavy atom. The lowest BCUT2D eigenvalue weighted by molar-refractivity contribution is -0.176. The summed E-state index contributed by atoms with van der Waals surface area (Å²) in [5.41, 5.74) is 0.154. The van der Waals surface area contributed by atoms with Crippen LogP contribution in [0.5, 0.6) is 0 Å². The molecule has 0 aromatic carbocycles. The van der Waals surface area contributed by atoms with Crippen LogP contribution in [0.15, 0.2) is 5.16 Å². The molecule has 0 N–H and O–H groups in total. The molecule has 2 rings (SSSR count). The Labute approximate surface area is 109 Å². The van der Waals surface area contributed by atoms with Crippen molar-refractivity contribution in [3.63, 3.8) is 0 Å². The topological polar surface area (TPSA) is 47.9 Å². The summed E-state index contributed by atoms with van der Waals surface area (Å²) in [6, 6.07) is 0. The Kier molecular flexibility index (Phi) is 3.93. The SMILES string of the molecule is CCOC(=O)C1(C2CCCC2)CC(C(C)C)=NO1. The number of hydrogen-bond donors (Lipinski definition) is 0. The Morgan fingerprint density at radius 2 is 2.17 bits per heavy atom. The highest BCUT2D eigenvalue weighted by atomic mass is 16.7. The number of nitrogens with zero attached hydrogens (tertiary/aromatic N) is 1. The molecule has 1 atom stereocenters. The summed E-state index contributed by atoms with van der Waals surface area (Å²) >= 11 is 0. The summed E-state index contributed by atoms with van der Waals surface area (Å²) in [6.45, 7) is 6.39. The van der Waals surface area contributed by atoms with Gasteiger partial charge >= 0.3 is 5.97 Å². The van der Waals surface area contributed by atoms with Crippen LogP contribution < -0.4 is 0 Å². The largest absolute Gasteiger partial charge is 0.463 e. The van der Waals surface area contributed by atoms with E-state index in [4.69, 9.17) is 9.57 Å². The second kappa shape index (κ2) is 5.29. The molecule has 0 bridgehead atoms. The first-order valence-corrected chi connectivity index (χ1v) is 7.02. The van der Waals surface area contributed by atoms with Crippen molar-refractivity contribution in [1.29, 1.82) is 0 Å². The fraction of sp³-hybridized carbons (Fsp3) is 0.857. The molecule has 4 heteroatoms. The summed E-state index contributed by atoms with van der Waals surface area (Å²) < 4.78 is 5.23. The molecular formula is C14H23NO3. The Hall–Kier alpha value is -1.06. The third-order valence-electron chi connectivity index (χ3n) is 4.07. The normalized spacial score (nSPS) is 28.3. The minimum Gasteiger partial charge on any atom is -0.463 e. The van der Waals surface area contributed by atoms with Crippen molar-refractivity contribution in [2.45, 2.75) is 58.5 Å². The van der Waals surface area contributed by atoms with Crippen molar-refractivity contribution in [3.05, 3.63) is 0 Å². The van der Waals surface area contributed by atoms with Crippen LogP contribution in [0.4, 0.5) is 0 Å². The quantitative estimate of drug-likeness (QED) is 0.724. The third kappa shape index (κ3) is 2.25. The Balaban J connectivity index is 2.17. The van der Waals surface area contributed by atoms with Gasteiger partial charge in [0, 0.05) is 12.3 Å². The number of hydrogen-bond acceptors (Lipinski definition) is 4. The van der Waals surface area contributed by atoms with E-state index >= 15 is 0 Å². The first-order valence-electron chi connectivity index (χ1n) is 7.02. The maximum atomic E-state index is 12.3. The molecule has 1 heterocycles. The van der Waals surface area contributed by atoms with Gasteiger partial charge < -0.3 is 9.57 Å². The van der Waals surface area contributed by atoms with Crippen LogP contribution in [0.25, 0.3) is 0 Å². The average molecular weight is 253 g/mol. The summed E-state index contributed by atoms with van der Waals surface area (Å²) in [7, 11) is 0. The minimum absolute atomic E-state index is 0.226. The lowest BCUT2D eigenvalue weighted by atomic mass is 9.80. The van der Waals surface area contributed by atoms with Gasteiger partial charge in [-0.15, -0.1) is 0 Å². The van der Waals surface area contributed by atoms with Crippen molar-refractivity contribution >= 4 is 11.7 Å². The van der Waals surface area contributed by atoms with Gasteiger partial charge in [-0.25, -0.2) is 4.79 Å². The molecule has 0 amide bonds. The molecule has 18 heavy (non-hydrogen) atoms. The minimum atomic E-state index is -0.827. The second-order valence-electron chi connectivity index (χ2n) is 5.60. The van der Waals surface area contributed by atoms with E-state index in [0.29, 0.717) is 18.9 Å². The van der Waals surface area contributed by atoms with Crippen molar-refractivity contribution in [1.82, 2.24) is 0 Å². The predicted molar refractivity (Wildman–Crippen MR) is 69.3 cm³/mol. The highest BCUT2D eigenvalue weighted by molar-refractivity contribution is 5.95. The molecule has 2 aliphatic rings. The zero-order chi connectivity index (χ0) is 13.2. The molecule has 1 unspecified atom stereocenters. The van der Waals surface area contributed by atoms with Gasteiger partial charge in [0.1, 0.15) is 0 Å². The van der Waals surface area contributed by atoms with Crippen molar-refractivity contribution in [2.24, 2.45) is 17.0 Å². The first-order chi connectivity index (χ1) is 8.60. The van der Waals surface area contributed by atoms with Gasteiger partial charge in [0.2, 0.25) is 5.60 Å². The maximum absolute atomic E-state index is 12.3. The summed E-state index contributed by atoms with van der Waals surface area (Å²) in [4.78, 5) is 17.9. The molecular weight excluding hydrogens is 230 g/mol.